The van der Waals surface area contributed by atoms with Gasteiger partial charge in [-0.25, -0.2) is 10.8 Å². The molecule has 0 aromatic carbocycles. The lowest BCUT2D eigenvalue weighted by molar-refractivity contribution is 0.0952. The summed E-state index contributed by atoms with van der Waals surface area (Å²) in [6.45, 7) is 3.57. The van der Waals surface area contributed by atoms with E-state index < -0.39 is 0 Å². The number of hydrogen-bond acceptors (Lipinski definition) is 6. The topological polar surface area (TPSA) is 94.3 Å². The highest BCUT2D eigenvalue weighted by atomic mass is 32.2. The molecule has 0 atom stereocenters. The quantitative estimate of drug-likeness (QED) is 0.379. The molecule has 2 aromatic heterocycles. The molecule has 0 radical (unpaired) electrons. The number of aromatic nitrogens is 1. The van der Waals surface area contributed by atoms with E-state index in [9.17, 15) is 4.79 Å². The van der Waals surface area contributed by atoms with Crippen molar-refractivity contribution in [3.63, 3.8) is 0 Å². The predicted molar refractivity (Wildman–Crippen MR) is 65.9 cm³/mol. The third-order valence-corrected chi connectivity index (χ3v) is 3.14. The van der Waals surface area contributed by atoms with Crippen LogP contribution in [-0.2, 0) is 5.75 Å². The molecule has 0 spiro atoms. The van der Waals surface area contributed by atoms with Crippen LogP contribution in [0.15, 0.2) is 26.4 Å². The molecule has 6 nitrogen and oxygen atoms in total. The maximum atomic E-state index is 11.4. The van der Waals surface area contributed by atoms with Gasteiger partial charge in [0.1, 0.15) is 17.8 Å². The van der Waals surface area contributed by atoms with Crippen LogP contribution in [0.25, 0.3) is 0 Å². The number of carbonyl (C=O) groups is 1. The van der Waals surface area contributed by atoms with Gasteiger partial charge in [-0.05, 0) is 19.9 Å². The first-order chi connectivity index (χ1) is 8.60. The van der Waals surface area contributed by atoms with Crippen LogP contribution in [0.4, 0.5) is 0 Å². The van der Waals surface area contributed by atoms with Gasteiger partial charge in [0.25, 0.3) is 11.1 Å². The van der Waals surface area contributed by atoms with E-state index in [4.69, 9.17) is 14.7 Å². The molecule has 0 fully saturated rings. The molecular weight excluding hydrogens is 254 g/mol. The first kappa shape index (κ1) is 12.7. The van der Waals surface area contributed by atoms with Crippen LogP contribution in [0.2, 0.25) is 0 Å². The zero-order valence-electron chi connectivity index (χ0n) is 10.0. The Morgan fingerprint density at radius 2 is 2.33 bits per heavy atom. The molecule has 0 saturated heterocycles. The van der Waals surface area contributed by atoms with Crippen molar-refractivity contribution in [1.29, 1.82) is 0 Å². The Morgan fingerprint density at radius 3 is 2.94 bits per heavy atom. The molecule has 2 rings (SSSR count). The van der Waals surface area contributed by atoms with E-state index in [2.05, 4.69) is 10.4 Å². The standard InChI is InChI=1S/C11H13N3O3S/c1-6-4-16-11(13-6)18-5-8-3-9(7(2)17-8)10(15)14-12/h3-4H,5,12H2,1-2H3,(H,14,15). The number of nitrogens with one attached hydrogen (secondary N) is 1. The number of thioether (sulfide) groups is 1. The molecule has 0 aliphatic heterocycles. The van der Waals surface area contributed by atoms with E-state index in [1.807, 2.05) is 6.92 Å². The average molecular weight is 267 g/mol. The van der Waals surface area contributed by atoms with Crippen molar-refractivity contribution in [2.24, 2.45) is 5.84 Å². The maximum absolute atomic E-state index is 11.4. The van der Waals surface area contributed by atoms with Crippen LogP contribution < -0.4 is 11.3 Å². The van der Waals surface area contributed by atoms with E-state index in [0.717, 1.165) is 5.69 Å². The van der Waals surface area contributed by atoms with Crippen molar-refractivity contribution in [2.45, 2.75) is 24.8 Å². The average Bonchev–Trinajstić information content (AvgIpc) is 2.92. The van der Waals surface area contributed by atoms with Crippen LogP contribution in [0, 0.1) is 13.8 Å². The van der Waals surface area contributed by atoms with Crippen LogP contribution in [0.3, 0.4) is 0 Å². The third-order valence-electron chi connectivity index (χ3n) is 2.28. The summed E-state index contributed by atoms with van der Waals surface area (Å²) < 4.78 is 10.7. The van der Waals surface area contributed by atoms with Gasteiger partial charge < -0.3 is 8.83 Å². The fourth-order valence-corrected chi connectivity index (χ4v) is 2.18. The summed E-state index contributed by atoms with van der Waals surface area (Å²) in [6, 6.07) is 1.67. The Hall–Kier alpha value is -1.73. The van der Waals surface area contributed by atoms with Crippen molar-refractivity contribution in [1.82, 2.24) is 10.4 Å². The summed E-state index contributed by atoms with van der Waals surface area (Å²) in [6.07, 6.45) is 1.59. The van der Waals surface area contributed by atoms with Gasteiger partial charge in [0.15, 0.2) is 0 Å². The molecule has 0 bridgehead atoms. The minimum absolute atomic E-state index is 0.362. The first-order valence-electron chi connectivity index (χ1n) is 5.25. The second-order valence-corrected chi connectivity index (χ2v) is 4.63. The van der Waals surface area contributed by atoms with Crippen molar-refractivity contribution >= 4 is 17.7 Å². The lowest BCUT2D eigenvalue weighted by Gasteiger charge is -1.93. The number of nitrogens with zero attached hydrogens (tertiary/aromatic N) is 1. The summed E-state index contributed by atoms with van der Waals surface area (Å²) in [5.41, 5.74) is 3.35. The van der Waals surface area contributed by atoms with E-state index in [-0.39, 0.29) is 5.91 Å². The molecule has 0 aliphatic rings. The number of carbonyl (C=O) groups excluding carboxylic acids is 1. The highest BCUT2D eigenvalue weighted by Crippen LogP contribution is 2.24. The molecule has 0 unspecified atom stereocenters. The van der Waals surface area contributed by atoms with Gasteiger partial charge in [-0.3, -0.25) is 10.2 Å². The lowest BCUT2D eigenvalue weighted by Crippen LogP contribution is -2.30. The van der Waals surface area contributed by atoms with Gasteiger partial charge in [-0.15, -0.1) is 0 Å². The normalized spacial score (nSPS) is 10.6. The molecule has 18 heavy (non-hydrogen) atoms. The fourth-order valence-electron chi connectivity index (χ4n) is 1.45. The molecule has 96 valence electrons. The van der Waals surface area contributed by atoms with E-state index in [1.54, 1.807) is 19.3 Å². The Kier molecular flexibility index (Phi) is 3.73. The third kappa shape index (κ3) is 2.74. The fraction of sp³-hybridized carbons (Fsp3) is 0.273. The molecule has 3 N–H and O–H groups in total. The first-order valence-corrected chi connectivity index (χ1v) is 6.24. The molecule has 0 aliphatic carbocycles. The summed E-state index contributed by atoms with van der Waals surface area (Å²) in [7, 11) is 0. The number of hydrogen-bond donors (Lipinski definition) is 2. The number of hydrazine groups is 1. The number of furan rings is 1. The molecule has 7 heteroatoms. The zero-order valence-corrected chi connectivity index (χ0v) is 10.8. The van der Waals surface area contributed by atoms with Gasteiger partial charge in [0, 0.05) is 0 Å². The Morgan fingerprint density at radius 1 is 1.56 bits per heavy atom. The minimum atomic E-state index is -0.362. The molecule has 1 amide bonds. The largest absolute Gasteiger partial charge is 0.465 e. The Balaban J connectivity index is 2.04. The lowest BCUT2D eigenvalue weighted by atomic mass is 10.2. The summed E-state index contributed by atoms with van der Waals surface area (Å²) in [4.78, 5) is 15.6. The van der Waals surface area contributed by atoms with E-state index in [0.29, 0.717) is 28.1 Å². The number of oxazole rings is 1. The molecular formula is C11H13N3O3S. The molecule has 2 aromatic rings. The van der Waals surface area contributed by atoms with Crippen LogP contribution in [-0.4, -0.2) is 10.9 Å². The zero-order chi connectivity index (χ0) is 13.1. The summed E-state index contributed by atoms with van der Waals surface area (Å²) in [5.74, 6) is 6.47. The highest BCUT2D eigenvalue weighted by Gasteiger charge is 2.14. The maximum Gasteiger partial charge on any atom is 0.268 e. The van der Waals surface area contributed by atoms with Crippen LogP contribution in [0.5, 0.6) is 0 Å². The molecule has 0 saturated carbocycles. The Labute approximate surface area is 108 Å². The van der Waals surface area contributed by atoms with Crippen molar-refractivity contribution in [3.05, 3.63) is 35.1 Å². The van der Waals surface area contributed by atoms with Crippen molar-refractivity contribution in [2.75, 3.05) is 0 Å². The summed E-state index contributed by atoms with van der Waals surface area (Å²) >= 11 is 1.40. The molecule has 2 heterocycles. The SMILES string of the molecule is Cc1coc(SCc2cc(C(=O)NN)c(C)o2)n1. The predicted octanol–water partition coefficient (Wildman–Crippen LogP) is 1.78. The van der Waals surface area contributed by atoms with Crippen LogP contribution in [0.1, 0.15) is 27.6 Å². The van der Waals surface area contributed by atoms with Crippen LogP contribution >= 0.6 is 11.8 Å². The van der Waals surface area contributed by atoms with Crippen molar-refractivity contribution < 1.29 is 13.6 Å². The highest BCUT2D eigenvalue weighted by molar-refractivity contribution is 7.98. The number of nitrogens with two attached hydrogens (primary N) is 1. The van der Waals surface area contributed by atoms with Gasteiger partial charge in [0.05, 0.1) is 17.0 Å². The number of rotatable bonds is 4. The van der Waals surface area contributed by atoms with Gasteiger partial charge in [-0.1, -0.05) is 11.8 Å². The minimum Gasteiger partial charge on any atom is -0.465 e. The number of nitrogen functional groups attached to an aromatic ring is 1. The number of aryl methyl sites for hydroxylation is 2. The number of amides is 1. The second-order valence-electron chi connectivity index (χ2n) is 3.70. The summed E-state index contributed by atoms with van der Waals surface area (Å²) in [5, 5.41) is 0.575. The van der Waals surface area contributed by atoms with Gasteiger partial charge in [-0.2, -0.15) is 0 Å². The Bertz CT molecular complexity index is 562. The van der Waals surface area contributed by atoms with E-state index >= 15 is 0 Å². The van der Waals surface area contributed by atoms with Crippen molar-refractivity contribution in [3.8, 4) is 0 Å². The van der Waals surface area contributed by atoms with Gasteiger partial charge in [0.2, 0.25) is 0 Å². The second kappa shape index (κ2) is 5.28. The smallest absolute Gasteiger partial charge is 0.268 e. The van der Waals surface area contributed by atoms with E-state index in [1.165, 1.54) is 11.8 Å². The van der Waals surface area contributed by atoms with Gasteiger partial charge >= 0.3 is 0 Å². The monoisotopic (exact) mass is 267 g/mol.